The van der Waals surface area contributed by atoms with E-state index in [1.165, 1.54) is 0 Å². The first kappa shape index (κ1) is 10.6. The standard InChI is InChI=1S/C13H16N2O2/c16-9-15-11-4-5-12(15)10(7-11)8-17-13-3-1-2-6-14-13/h1-3,6,9-12H,4-5,7-8H2/t10-,11+,12-/m0/s1. The molecule has 0 saturated carbocycles. The van der Waals surface area contributed by atoms with Gasteiger partial charge in [-0.1, -0.05) is 6.07 Å². The smallest absolute Gasteiger partial charge is 0.213 e. The minimum Gasteiger partial charge on any atom is -0.477 e. The van der Waals surface area contributed by atoms with E-state index in [1.807, 2.05) is 23.1 Å². The highest BCUT2D eigenvalue weighted by Gasteiger charge is 2.45. The molecule has 1 amide bonds. The summed E-state index contributed by atoms with van der Waals surface area (Å²) in [5.41, 5.74) is 0. The third kappa shape index (κ3) is 1.88. The molecule has 90 valence electrons. The van der Waals surface area contributed by atoms with Crippen molar-refractivity contribution < 1.29 is 9.53 Å². The predicted molar refractivity (Wildman–Crippen MR) is 62.6 cm³/mol. The molecule has 4 nitrogen and oxygen atoms in total. The van der Waals surface area contributed by atoms with Crippen LogP contribution in [0, 0.1) is 5.92 Å². The maximum atomic E-state index is 11.0. The van der Waals surface area contributed by atoms with Gasteiger partial charge in [0.25, 0.3) is 0 Å². The number of ether oxygens (including phenoxy) is 1. The number of pyridine rings is 1. The Balaban J connectivity index is 1.59. The lowest BCUT2D eigenvalue weighted by Crippen LogP contribution is -2.30. The molecule has 0 unspecified atom stereocenters. The molecule has 0 N–H and O–H groups in total. The Labute approximate surface area is 101 Å². The Morgan fingerprint density at radius 1 is 1.47 bits per heavy atom. The summed E-state index contributed by atoms with van der Waals surface area (Å²) < 4.78 is 5.68. The number of carbonyl (C=O) groups excluding carboxylic acids is 1. The van der Waals surface area contributed by atoms with E-state index in [-0.39, 0.29) is 0 Å². The molecular weight excluding hydrogens is 216 g/mol. The highest BCUT2D eigenvalue weighted by Crippen LogP contribution is 2.40. The van der Waals surface area contributed by atoms with E-state index < -0.39 is 0 Å². The second-order valence-corrected chi connectivity index (χ2v) is 4.83. The third-order valence-electron chi connectivity index (χ3n) is 3.92. The molecule has 3 atom stereocenters. The van der Waals surface area contributed by atoms with Crippen LogP contribution in [0.3, 0.4) is 0 Å². The van der Waals surface area contributed by atoms with Crippen molar-refractivity contribution in [1.82, 2.24) is 9.88 Å². The number of carbonyl (C=O) groups is 1. The quantitative estimate of drug-likeness (QED) is 0.738. The number of fused-ring (bicyclic) bond motifs is 2. The van der Waals surface area contributed by atoms with Gasteiger partial charge < -0.3 is 9.64 Å². The zero-order valence-corrected chi connectivity index (χ0v) is 9.66. The van der Waals surface area contributed by atoms with Gasteiger partial charge in [-0.3, -0.25) is 4.79 Å². The summed E-state index contributed by atoms with van der Waals surface area (Å²) in [5, 5.41) is 0. The van der Waals surface area contributed by atoms with E-state index >= 15 is 0 Å². The van der Waals surface area contributed by atoms with Gasteiger partial charge in [0.2, 0.25) is 12.3 Å². The Bertz CT molecular complexity index is 396. The van der Waals surface area contributed by atoms with Crippen molar-refractivity contribution in [2.45, 2.75) is 31.3 Å². The fraction of sp³-hybridized carbons (Fsp3) is 0.538. The summed E-state index contributed by atoms with van der Waals surface area (Å²) in [4.78, 5) is 17.1. The van der Waals surface area contributed by atoms with Crippen LogP contribution in [0.2, 0.25) is 0 Å². The van der Waals surface area contributed by atoms with Crippen molar-refractivity contribution in [1.29, 1.82) is 0 Å². The van der Waals surface area contributed by atoms with Crippen LogP contribution in [0.25, 0.3) is 0 Å². The molecule has 17 heavy (non-hydrogen) atoms. The maximum Gasteiger partial charge on any atom is 0.213 e. The molecule has 0 radical (unpaired) electrons. The lowest BCUT2D eigenvalue weighted by molar-refractivity contribution is -0.119. The number of amides is 1. The monoisotopic (exact) mass is 232 g/mol. The molecule has 0 aromatic carbocycles. The van der Waals surface area contributed by atoms with Gasteiger partial charge in [0, 0.05) is 30.3 Å². The number of rotatable bonds is 4. The second-order valence-electron chi connectivity index (χ2n) is 4.83. The molecule has 2 fully saturated rings. The van der Waals surface area contributed by atoms with Gasteiger partial charge in [-0.05, 0) is 25.3 Å². The van der Waals surface area contributed by atoms with E-state index in [1.54, 1.807) is 6.20 Å². The molecule has 3 rings (SSSR count). The minimum absolute atomic E-state index is 0.390. The highest BCUT2D eigenvalue weighted by atomic mass is 16.5. The van der Waals surface area contributed by atoms with Crippen LogP contribution < -0.4 is 4.74 Å². The summed E-state index contributed by atoms with van der Waals surface area (Å²) >= 11 is 0. The van der Waals surface area contributed by atoms with Crippen LogP contribution in [0.5, 0.6) is 5.88 Å². The van der Waals surface area contributed by atoms with Crippen LogP contribution in [0.1, 0.15) is 19.3 Å². The van der Waals surface area contributed by atoms with Gasteiger partial charge in [-0.2, -0.15) is 0 Å². The molecule has 1 aromatic rings. The Hall–Kier alpha value is -1.58. The van der Waals surface area contributed by atoms with E-state index in [4.69, 9.17) is 4.74 Å². The largest absolute Gasteiger partial charge is 0.477 e. The summed E-state index contributed by atoms with van der Waals surface area (Å²) in [6, 6.07) is 6.50. The van der Waals surface area contributed by atoms with E-state index in [0.29, 0.717) is 30.5 Å². The topological polar surface area (TPSA) is 42.4 Å². The fourth-order valence-electron chi connectivity index (χ4n) is 3.13. The lowest BCUT2D eigenvalue weighted by Gasteiger charge is -2.21. The van der Waals surface area contributed by atoms with Crippen LogP contribution in [0.4, 0.5) is 0 Å². The third-order valence-corrected chi connectivity index (χ3v) is 3.92. The molecule has 3 heterocycles. The number of hydrogen-bond donors (Lipinski definition) is 0. The Morgan fingerprint density at radius 2 is 2.41 bits per heavy atom. The van der Waals surface area contributed by atoms with Gasteiger partial charge in [-0.15, -0.1) is 0 Å². The number of nitrogens with zero attached hydrogens (tertiary/aromatic N) is 2. The van der Waals surface area contributed by atoms with E-state index in [2.05, 4.69) is 4.98 Å². The molecule has 2 aliphatic rings. The molecule has 2 aliphatic heterocycles. The second kappa shape index (κ2) is 4.35. The van der Waals surface area contributed by atoms with Crippen molar-refractivity contribution in [3.05, 3.63) is 24.4 Å². The first-order valence-corrected chi connectivity index (χ1v) is 6.15. The Morgan fingerprint density at radius 3 is 3.12 bits per heavy atom. The van der Waals surface area contributed by atoms with Crippen LogP contribution in [-0.4, -0.2) is 35.0 Å². The molecule has 0 spiro atoms. The highest BCUT2D eigenvalue weighted by molar-refractivity contribution is 5.50. The normalized spacial score (nSPS) is 30.6. The van der Waals surface area contributed by atoms with Crippen molar-refractivity contribution >= 4 is 6.41 Å². The predicted octanol–water partition coefficient (Wildman–Crippen LogP) is 1.47. The van der Waals surface area contributed by atoms with Crippen LogP contribution >= 0.6 is 0 Å². The summed E-state index contributed by atoms with van der Waals surface area (Å²) in [6.07, 6.45) is 6.09. The minimum atomic E-state index is 0.390. The average Bonchev–Trinajstić information content (AvgIpc) is 2.94. The zero-order chi connectivity index (χ0) is 11.7. The SMILES string of the molecule is O=CN1[C@@H]2CC[C@H]1[C@H](COc1ccccn1)C2. The maximum absolute atomic E-state index is 11.0. The van der Waals surface area contributed by atoms with Crippen molar-refractivity contribution in [3.63, 3.8) is 0 Å². The molecular formula is C13H16N2O2. The van der Waals surface area contributed by atoms with Crippen molar-refractivity contribution in [2.75, 3.05) is 6.61 Å². The summed E-state index contributed by atoms with van der Waals surface area (Å²) in [7, 11) is 0. The molecule has 1 aromatic heterocycles. The molecule has 2 saturated heterocycles. The zero-order valence-electron chi connectivity index (χ0n) is 9.66. The summed E-state index contributed by atoms with van der Waals surface area (Å²) in [6.45, 7) is 0.669. The van der Waals surface area contributed by atoms with Gasteiger partial charge in [-0.25, -0.2) is 4.98 Å². The van der Waals surface area contributed by atoms with Crippen LogP contribution in [-0.2, 0) is 4.79 Å². The van der Waals surface area contributed by atoms with Gasteiger partial charge in [0.15, 0.2) is 0 Å². The average molecular weight is 232 g/mol. The number of hydrogen-bond acceptors (Lipinski definition) is 3. The van der Waals surface area contributed by atoms with E-state index in [9.17, 15) is 4.79 Å². The molecule has 4 heteroatoms. The Kier molecular flexibility index (Phi) is 2.71. The first-order chi connectivity index (χ1) is 8.38. The van der Waals surface area contributed by atoms with Crippen molar-refractivity contribution in [3.8, 4) is 5.88 Å². The fourth-order valence-corrected chi connectivity index (χ4v) is 3.13. The van der Waals surface area contributed by atoms with Crippen LogP contribution in [0.15, 0.2) is 24.4 Å². The van der Waals surface area contributed by atoms with Gasteiger partial charge in [0.1, 0.15) is 0 Å². The van der Waals surface area contributed by atoms with Gasteiger partial charge >= 0.3 is 0 Å². The summed E-state index contributed by atoms with van der Waals surface area (Å²) in [5.74, 6) is 1.15. The molecule has 0 aliphatic carbocycles. The molecule has 2 bridgehead atoms. The number of aromatic nitrogens is 1. The lowest BCUT2D eigenvalue weighted by atomic mass is 9.90. The van der Waals surface area contributed by atoms with Gasteiger partial charge in [0.05, 0.1) is 6.61 Å². The van der Waals surface area contributed by atoms with Crippen molar-refractivity contribution in [2.24, 2.45) is 5.92 Å². The van der Waals surface area contributed by atoms with E-state index in [0.717, 1.165) is 25.7 Å². The first-order valence-electron chi connectivity index (χ1n) is 6.15.